The topological polar surface area (TPSA) is 35.6 Å². The van der Waals surface area contributed by atoms with Crippen LogP contribution in [-0.2, 0) is 17.8 Å². The van der Waals surface area contributed by atoms with E-state index in [1.165, 1.54) is 16.8 Å². The van der Waals surface area contributed by atoms with Crippen molar-refractivity contribution >= 4 is 11.6 Å². The van der Waals surface area contributed by atoms with E-state index in [9.17, 15) is 4.79 Å². The molecule has 0 aliphatic carbocycles. The van der Waals surface area contributed by atoms with Crippen LogP contribution >= 0.6 is 0 Å². The first kappa shape index (κ1) is 15.8. The second kappa shape index (κ2) is 6.94. The van der Waals surface area contributed by atoms with Crippen LogP contribution in [0.3, 0.4) is 0 Å². The Kier molecular flexibility index (Phi) is 5.23. The van der Waals surface area contributed by atoms with Gasteiger partial charge in [-0.15, -0.1) is 0 Å². The maximum absolute atomic E-state index is 12.2. The molecule has 4 nitrogen and oxygen atoms in total. The van der Waals surface area contributed by atoms with Gasteiger partial charge in [0.1, 0.15) is 0 Å². The van der Waals surface area contributed by atoms with Crippen LogP contribution < -0.4 is 10.2 Å². The van der Waals surface area contributed by atoms with Gasteiger partial charge in [-0.3, -0.25) is 4.79 Å². The molecule has 0 spiro atoms. The van der Waals surface area contributed by atoms with Crippen molar-refractivity contribution in [2.45, 2.75) is 39.8 Å². The molecule has 0 saturated carbocycles. The Bertz CT molecular complexity index is 497. The van der Waals surface area contributed by atoms with E-state index < -0.39 is 0 Å². The highest BCUT2D eigenvalue weighted by molar-refractivity contribution is 5.81. The zero-order valence-corrected chi connectivity index (χ0v) is 13.6. The average Bonchev–Trinajstić information content (AvgIpc) is 2.87. The van der Waals surface area contributed by atoms with Crippen LogP contribution in [0.4, 0.5) is 5.69 Å². The van der Waals surface area contributed by atoms with Gasteiger partial charge >= 0.3 is 0 Å². The van der Waals surface area contributed by atoms with E-state index in [-0.39, 0.29) is 11.9 Å². The van der Waals surface area contributed by atoms with Gasteiger partial charge in [-0.05, 0) is 44.4 Å². The van der Waals surface area contributed by atoms with Crippen molar-refractivity contribution in [1.29, 1.82) is 0 Å². The van der Waals surface area contributed by atoms with Gasteiger partial charge in [0, 0.05) is 38.9 Å². The number of carbonyl (C=O) groups excluding carboxylic acids is 1. The summed E-state index contributed by atoms with van der Waals surface area (Å²) in [5, 5.41) is 3.35. The molecule has 4 heteroatoms. The zero-order chi connectivity index (χ0) is 15.4. The molecule has 1 aliphatic rings. The number of benzene rings is 1. The molecule has 1 N–H and O–H groups in total. The third-order valence-corrected chi connectivity index (χ3v) is 4.33. The molecule has 1 unspecified atom stereocenters. The van der Waals surface area contributed by atoms with E-state index in [1.807, 2.05) is 25.7 Å². The second-order valence-electron chi connectivity index (χ2n) is 5.75. The molecule has 0 radical (unpaired) electrons. The Morgan fingerprint density at radius 1 is 1.38 bits per heavy atom. The van der Waals surface area contributed by atoms with Gasteiger partial charge in [0.2, 0.25) is 5.91 Å². The van der Waals surface area contributed by atoms with Crippen molar-refractivity contribution < 1.29 is 4.79 Å². The number of fused-ring (bicyclic) bond motifs is 1. The fourth-order valence-corrected chi connectivity index (χ4v) is 2.90. The monoisotopic (exact) mass is 289 g/mol. The lowest BCUT2D eigenvalue weighted by atomic mass is 10.1. The third kappa shape index (κ3) is 3.56. The fourth-order valence-electron chi connectivity index (χ4n) is 2.90. The molecule has 0 bridgehead atoms. The molecule has 1 aliphatic heterocycles. The van der Waals surface area contributed by atoms with Crippen molar-refractivity contribution in [3.8, 4) is 0 Å². The van der Waals surface area contributed by atoms with Gasteiger partial charge < -0.3 is 15.1 Å². The quantitative estimate of drug-likeness (QED) is 0.870. The number of rotatable bonds is 6. The first-order valence-electron chi connectivity index (χ1n) is 7.91. The summed E-state index contributed by atoms with van der Waals surface area (Å²) in [6.07, 6.45) is 1.12. The van der Waals surface area contributed by atoms with Gasteiger partial charge in [-0.1, -0.05) is 12.1 Å². The maximum Gasteiger partial charge on any atom is 0.239 e. The summed E-state index contributed by atoms with van der Waals surface area (Å²) in [5.74, 6) is 0.181. The lowest BCUT2D eigenvalue weighted by Gasteiger charge is -2.23. The minimum Gasteiger partial charge on any atom is -0.374 e. The molecule has 116 valence electrons. The normalized spacial score (nSPS) is 15.0. The highest BCUT2D eigenvalue weighted by Crippen LogP contribution is 2.27. The summed E-state index contributed by atoms with van der Waals surface area (Å²) in [4.78, 5) is 16.4. The molecule has 2 rings (SSSR count). The van der Waals surface area contributed by atoms with Crippen LogP contribution in [0.15, 0.2) is 18.2 Å². The summed E-state index contributed by atoms with van der Waals surface area (Å²) in [5.41, 5.74) is 4.01. The fraction of sp³-hybridized carbons (Fsp3) is 0.588. The van der Waals surface area contributed by atoms with E-state index in [4.69, 9.17) is 0 Å². The highest BCUT2D eigenvalue weighted by atomic mass is 16.2. The number of amides is 1. The smallest absolute Gasteiger partial charge is 0.239 e. The van der Waals surface area contributed by atoms with E-state index in [1.54, 1.807) is 0 Å². The standard InChI is InChI=1S/C17H27N3O/c1-5-20(6-2)17(21)13(3)18-12-14-7-8-16-15(11-14)9-10-19(16)4/h7-8,11,13,18H,5-6,9-10,12H2,1-4H3. The summed E-state index contributed by atoms with van der Waals surface area (Å²) >= 11 is 0. The number of hydrogen-bond acceptors (Lipinski definition) is 3. The molecule has 0 saturated heterocycles. The molecule has 1 aromatic rings. The number of carbonyl (C=O) groups is 1. The van der Waals surface area contributed by atoms with Gasteiger partial charge in [-0.25, -0.2) is 0 Å². The maximum atomic E-state index is 12.2. The first-order valence-corrected chi connectivity index (χ1v) is 7.91. The number of nitrogens with zero attached hydrogens (tertiary/aromatic N) is 2. The summed E-state index contributed by atoms with van der Waals surface area (Å²) in [6.45, 7) is 9.37. The van der Waals surface area contributed by atoms with E-state index in [0.717, 1.165) is 32.6 Å². The van der Waals surface area contributed by atoms with Gasteiger partial charge in [0.25, 0.3) is 0 Å². The Morgan fingerprint density at radius 2 is 2.10 bits per heavy atom. The number of likely N-dealkylation sites (N-methyl/N-ethyl adjacent to an activating group) is 2. The Balaban J connectivity index is 1.93. The van der Waals surface area contributed by atoms with Gasteiger partial charge in [0.15, 0.2) is 0 Å². The van der Waals surface area contributed by atoms with E-state index >= 15 is 0 Å². The van der Waals surface area contributed by atoms with Gasteiger partial charge in [0.05, 0.1) is 6.04 Å². The van der Waals surface area contributed by atoms with E-state index in [2.05, 4.69) is 35.5 Å². The number of nitrogens with one attached hydrogen (secondary N) is 1. The Labute approximate surface area is 128 Å². The zero-order valence-electron chi connectivity index (χ0n) is 13.6. The SMILES string of the molecule is CCN(CC)C(=O)C(C)NCc1ccc2c(c1)CCN2C. The molecule has 1 heterocycles. The van der Waals surface area contributed by atoms with Crippen molar-refractivity contribution in [1.82, 2.24) is 10.2 Å². The Hall–Kier alpha value is -1.55. The largest absolute Gasteiger partial charge is 0.374 e. The summed E-state index contributed by atoms with van der Waals surface area (Å²) in [6, 6.07) is 6.47. The average molecular weight is 289 g/mol. The Morgan fingerprint density at radius 3 is 2.76 bits per heavy atom. The van der Waals surface area contributed by atoms with Crippen LogP contribution in [0.25, 0.3) is 0 Å². The third-order valence-electron chi connectivity index (χ3n) is 4.33. The van der Waals surface area contributed by atoms with Crippen molar-refractivity contribution in [3.05, 3.63) is 29.3 Å². The first-order chi connectivity index (χ1) is 10.1. The molecule has 0 aromatic heterocycles. The van der Waals surface area contributed by atoms with Crippen molar-refractivity contribution in [2.75, 3.05) is 31.6 Å². The summed E-state index contributed by atoms with van der Waals surface area (Å²) < 4.78 is 0. The number of hydrogen-bond donors (Lipinski definition) is 1. The van der Waals surface area contributed by atoms with Crippen molar-refractivity contribution in [2.24, 2.45) is 0 Å². The molecule has 0 fully saturated rings. The highest BCUT2D eigenvalue weighted by Gasteiger charge is 2.18. The van der Waals surface area contributed by atoms with Crippen LogP contribution in [0.5, 0.6) is 0 Å². The summed E-state index contributed by atoms with van der Waals surface area (Å²) in [7, 11) is 2.13. The van der Waals surface area contributed by atoms with Gasteiger partial charge in [-0.2, -0.15) is 0 Å². The molecule has 1 aromatic carbocycles. The minimum atomic E-state index is -0.138. The predicted molar refractivity (Wildman–Crippen MR) is 87.6 cm³/mol. The van der Waals surface area contributed by atoms with E-state index in [0.29, 0.717) is 0 Å². The van der Waals surface area contributed by atoms with Crippen molar-refractivity contribution in [3.63, 3.8) is 0 Å². The van der Waals surface area contributed by atoms with Crippen LogP contribution in [0.2, 0.25) is 0 Å². The minimum absolute atomic E-state index is 0.138. The predicted octanol–water partition coefficient (Wildman–Crippen LogP) is 2.03. The second-order valence-corrected chi connectivity index (χ2v) is 5.75. The van der Waals surface area contributed by atoms with Crippen LogP contribution in [0, 0.1) is 0 Å². The lowest BCUT2D eigenvalue weighted by molar-refractivity contribution is -0.132. The number of anilines is 1. The van der Waals surface area contributed by atoms with Crippen LogP contribution in [-0.4, -0.2) is 43.5 Å². The molecular weight excluding hydrogens is 262 g/mol. The lowest BCUT2D eigenvalue weighted by Crippen LogP contribution is -2.44. The molecule has 1 amide bonds. The molecular formula is C17H27N3O. The molecule has 1 atom stereocenters. The molecule has 21 heavy (non-hydrogen) atoms. The van der Waals surface area contributed by atoms with Crippen LogP contribution in [0.1, 0.15) is 31.9 Å².